The fourth-order valence-electron chi connectivity index (χ4n) is 2.61. The van der Waals surface area contributed by atoms with E-state index in [1.54, 1.807) is 0 Å². The topological polar surface area (TPSA) is 60.4 Å². The molecule has 0 aliphatic rings. The van der Waals surface area contributed by atoms with Crippen LogP contribution >= 0.6 is 11.3 Å². The zero-order valence-corrected chi connectivity index (χ0v) is 13.0. The average Bonchev–Trinajstić information content (AvgIpc) is 3.08. The number of fused-ring (bicyclic) bond motifs is 2. The minimum atomic E-state index is -0.341. The minimum Gasteiger partial charge on any atom is -0.422 e. The fraction of sp³-hybridized carbons (Fsp3) is 0.188. The second-order valence-electron chi connectivity index (χ2n) is 5.20. The second-order valence-corrected chi connectivity index (χ2v) is 6.03. The maximum Gasteiger partial charge on any atom is 0.345 e. The van der Waals surface area contributed by atoms with Gasteiger partial charge in [0.15, 0.2) is 0 Å². The zero-order chi connectivity index (χ0) is 15.3. The molecule has 0 amide bonds. The van der Waals surface area contributed by atoms with Crippen LogP contribution in [-0.2, 0) is 6.42 Å². The molecule has 0 saturated heterocycles. The number of aryl methyl sites for hydroxylation is 2. The normalized spacial score (nSPS) is 11.5. The average molecular weight is 311 g/mol. The van der Waals surface area contributed by atoms with E-state index in [4.69, 9.17) is 4.42 Å². The van der Waals surface area contributed by atoms with Gasteiger partial charge in [0.1, 0.15) is 11.4 Å². The molecule has 0 atom stereocenters. The van der Waals surface area contributed by atoms with Crippen LogP contribution in [0.4, 0.5) is 0 Å². The Labute approximate surface area is 129 Å². The molecule has 4 aromatic rings. The van der Waals surface area contributed by atoms with Crippen LogP contribution in [-0.4, -0.2) is 14.6 Å². The number of aromatic nitrogens is 3. The predicted molar refractivity (Wildman–Crippen MR) is 86.5 cm³/mol. The van der Waals surface area contributed by atoms with Gasteiger partial charge in [0.05, 0.1) is 11.3 Å². The molecule has 0 bridgehead atoms. The van der Waals surface area contributed by atoms with Crippen molar-refractivity contribution in [1.82, 2.24) is 14.6 Å². The third-order valence-electron chi connectivity index (χ3n) is 3.70. The molecule has 6 heteroatoms. The molecular weight excluding hydrogens is 298 g/mol. The summed E-state index contributed by atoms with van der Waals surface area (Å²) in [6.45, 7) is 4.03. The van der Waals surface area contributed by atoms with Gasteiger partial charge in [-0.3, -0.25) is 4.40 Å². The van der Waals surface area contributed by atoms with Gasteiger partial charge in [-0.15, -0.1) is 21.5 Å². The number of thiazole rings is 1. The van der Waals surface area contributed by atoms with Crippen LogP contribution in [0.3, 0.4) is 0 Å². The highest BCUT2D eigenvalue weighted by Gasteiger charge is 2.16. The smallest absolute Gasteiger partial charge is 0.345 e. The van der Waals surface area contributed by atoms with Gasteiger partial charge < -0.3 is 4.42 Å². The number of hydrogen-bond acceptors (Lipinski definition) is 5. The molecule has 3 heterocycles. The van der Waals surface area contributed by atoms with Gasteiger partial charge in [-0.1, -0.05) is 18.6 Å². The number of nitrogens with zero attached hydrogens (tertiary/aromatic N) is 3. The molecule has 0 aliphatic heterocycles. The van der Waals surface area contributed by atoms with Crippen LogP contribution in [0, 0.1) is 6.92 Å². The van der Waals surface area contributed by atoms with Gasteiger partial charge in [-0.25, -0.2) is 4.79 Å². The van der Waals surface area contributed by atoms with E-state index in [-0.39, 0.29) is 5.63 Å². The van der Waals surface area contributed by atoms with Gasteiger partial charge >= 0.3 is 5.63 Å². The molecule has 0 radical (unpaired) electrons. The summed E-state index contributed by atoms with van der Waals surface area (Å²) in [5.41, 5.74) is 2.72. The Balaban J connectivity index is 2.05. The second kappa shape index (κ2) is 4.78. The van der Waals surface area contributed by atoms with Crippen LogP contribution in [0.5, 0.6) is 0 Å². The van der Waals surface area contributed by atoms with Crippen molar-refractivity contribution >= 4 is 27.3 Å². The summed E-state index contributed by atoms with van der Waals surface area (Å²) in [7, 11) is 0. The highest BCUT2D eigenvalue weighted by molar-refractivity contribution is 7.15. The third kappa shape index (κ3) is 1.88. The van der Waals surface area contributed by atoms with Crippen molar-refractivity contribution in [2.45, 2.75) is 20.3 Å². The fourth-order valence-corrected chi connectivity index (χ4v) is 3.46. The minimum absolute atomic E-state index is 0.341. The van der Waals surface area contributed by atoms with Gasteiger partial charge in [0.25, 0.3) is 0 Å². The Morgan fingerprint density at radius 3 is 2.95 bits per heavy atom. The molecule has 3 aromatic heterocycles. The molecule has 22 heavy (non-hydrogen) atoms. The molecule has 0 N–H and O–H groups in total. The Hall–Kier alpha value is -2.47. The van der Waals surface area contributed by atoms with E-state index >= 15 is 0 Å². The van der Waals surface area contributed by atoms with Crippen LogP contribution < -0.4 is 5.63 Å². The lowest BCUT2D eigenvalue weighted by Crippen LogP contribution is -2.05. The SMILES string of the molecule is CCc1nnc2scc(-c3cc4cc(C)ccc4oc3=O)n12. The molecule has 0 spiro atoms. The Morgan fingerprint density at radius 2 is 2.14 bits per heavy atom. The van der Waals surface area contributed by atoms with Crippen LogP contribution in [0.15, 0.2) is 38.9 Å². The first-order chi connectivity index (χ1) is 10.7. The molecule has 0 fully saturated rings. The van der Waals surface area contributed by atoms with Crippen LogP contribution in [0.1, 0.15) is 18.3 Å². The quantitative estimate of drug-likeness (QED) is 0.532. The van der Waals surface area contributed by atoms with Gasteiger partial charge in [0, 0.05) is 17.2 Å². The Morgan fingerprint density at radius 1 is 1.27 bits per heavy atom. The standard InChI is InChI=1S/C16H13N3O2S/c1-3-14-17-18-16-19(14)12(8-22-16)11-7-10-6-9(2)4-5-13(10)21-15(11)20/h4-8H,3H2,1-2H3. The van der Waals surface area contributed by atoms with E-state index < -0.39 is 0 Å². The largest absolute Gasteiger partial charge is 0.422 e. The van der Waals surface area contributed by atoms with Crippen molar-refractivity contribution in [1.29, 1.82) is 0 Å². The molecule has 1 aromatic carbocycles. The molecule has 0 aliphatic carbocycles. The predicted octanol–water partition coefficient (Wildman–Crippen LogP) is 3.44. The highest BCUT2D eigenvalue weighted by Crippen LogP contribution is 2.27. The summed E-state index contributed by atoms with van der Waals surface area (Å²) in [4.78, 5) is 13.2. The number of rotatable bonds is 2. The summed E-state index contributed by atoms with van der Waals surface area (Å²) in [6.07, 6.45) is 0.753. The number of benzene rings is 1. The molecule has 4 rings (SSSR count). The first-order valence-electron chi connectivity index (χ1n) is 7.03. The van der Waals surface area contributed by atoms with Crippen molar-refractivity contribution in [2.24, 2.45) is 0 Å². The van der Waals surface area contributed by atoms with Gasteiger partial charge in [0.2, 0.25) is 4.96 Å². The van der Waals surface area contributed by atoms with Gasteiger partial charge in [-0.2, -0.15) is 0 Å². The van der Waals surface area contributed by atoms with Crippen molar-refractivity contribution in [2.75, 3.05) is 0 Å². The molecule has 0 saturated carbocycles. The first kappa shape index (κ1) is 13.2. The van der Waals surface area contributed by atoms with Crippen molar-refractivity contribution in [3.63, 3.8) is 0 Å². The maximum absolute atomic E-state index is 12.4. The van der Waals surface area contributed by atoms with Crippen molar-refractivity contribution in [3.05, 3.63) is 51.5 Å². The Bertz CT molecular complexity index is 1060. The first-order valence-corrected chi connectivity index (χ1v) is 7.91. The van der Waals surface area contributed by atoms with Crippen LogP contribution in [0.2, 0.25) is 0 Å². The lowest BCUT2D eigenvalue weighted by molar-refractivity contribution is 0.563. The summed E-state index contributed by atoms with van der Waals surface area (Å²) >= 11 is 1.47. The van der Waals surface area contributed by atoms with E-state index in [0.29, 0.717) is 11.1 Å². The van der Waals surface area contributed by atoms with E-state index in [0.717, 1.165) is 33.8 Å². The molecule has 5 nitrogen and oxygen atoms in total. The van der Waals surface area contributed by atoms with E-state index in [2.05, 4.69) is 10.2 Å². The summed E-state index contributed by atoms with van der Waals surface area (Å²) in [6, 6.07) is 7.66. The van der Waals surface area contributed by atoms with Crippen molar-refractivity contribution in [3.8, 4) is 11.3 Å². The van der Waals surface area contributed by atoms with Crippen LogP contribution in [0.25, 0.3) is 27.2 Å². The highest BCUT2D eigenvalue weighted by atomic mass is 32.1. The lowest BCUT2D eigenvalue weighted by Gasteiger charge is -2.03. The molecular formula is C16H13N3O2S. The lowest BCUT2D eigenvalue weighted by atomic mass is 10.1. The van der Waals surface area contributed by atoms with E-state index in [9.17, 15) is 4.79 Å². The zero-order valence-electron chi connectivity index (χ0n) is 12.2. The van der Waals surface area contributed by atoms with Crippen molar-refractivity contribution < 1.29 is 4.42 Å². The Kier molecular flexibility index (Phi) is 2.87. The number of hydrogen-bond donors (Lipinski definition) is 0. The monoisotopic (exact) mass is 311 g/mol. The van der Waals surface area contributed by atoms with E-state index in [1.807, 2.05) is 47.9 Å². The summed E-state index contributed by atoms with van der Waals surface area (Å²) in [5, 5.41) is 11.1. The molecule has 0 unspecified atom stereocenters. The summed E-state index contributed by atoms with van der Waals surface area (Å²) < 4.78 is 7.39. The molecule has 110 valence electrons. The van der Waals surface area contributed by atoms with Gasteiger partial charge in [-0.05, 0) is 25.1 Å². The van der Waals surface area contributed by atoms with E-state index in [1.165, 1.54) is 11.3 Å². The summed E-state index contributed by atoms with van der Waals surface area (Å²) in [5.74, 6) is 0.843. The third-order valence-corrected chi connectivity index (χ3v) is 4.51. The maximum atomic E-state index is 12.4.